The number of amides is 2. The Bertz CT molecular complexity index is 1350. The second-order valence-electron chi connectivity index (χ2n) is 10.3. The van der Waals surface area contributed by atoms with E-state index in [2.05, 4.69) is 28.4 Å². The van der Waals surface area contributed by atoms with Gasteiger partial charge in [-0.2, -0.15) is 5.10 Å². The smallest absolute Gasteiger partial charge is 0.314 e. The lowest BCUT2D eigenvalue weighted by Gasteiger charge is -2.39. The normalized spacial score (nSPS) is 23.5. The van der Waals surface area contributed by atoms with E-state index in [1.165, 1.54) is 6.20 Å². The number of nitrogen functional groups attached to an aromatic ring is 1. The summed E-state index contributed by atoms with van der Waals surface area (Å²) in [5.41, 5.74) is 9.08. The molecular formula is C27H32N6O4. The van der Waals surface area contributed by atoms with Gasteiger partial charge in [-0.15, -0.1) is 0 Å². The van der Waals surface area contributed by atoms with E-state index in [1.54, 1.807) is 15.8 Å². The molecule has 3 aromatic rings. The van der Waals surface area contributed by atoms with Gasteiger partial charge in [0.2, 0.25) is 0 Å². The number of carbonyl (C=O) groups excluding carboxylic acids is 2. The minimum absolute atomic E-state index is 0.184. The standard InChI is InChI=1S/C27H32N6O4/c1-16-8-9-21(18-6-4-5-17-10-12-37-24(17)18)32(14-16)27(35)26(34)30-20-13-29-25(28)19-15-33(31-23(19)20)22-7-2-3-11-36-22/h4-6,13,15-16,21-22H,2-3,7-12,14H2,1H3,(H2,28,29)(H,30,34)/t16-,21+,22?/m0/s1. The second-order valence-corrected chi connectivity index (χ2v) is 10.3. The van der Waals surface area contributed by atoms with Gasteiger partial charge in [0.25, 0.3) is 0 Å². The Kier molecular flexibility index (Phi) is 6.19. The molecule has 10 heteroatoms. The average Bonchev–Trinajstić information content (AvgIpc) is 3.59. The molecule has 1 aromatic carbocycles. The number of para-hydroxylation sites is 1. The molecule has 0 radical (unpaired) electrons. The van der Waals surface area contributed by atoms with E-state index in [0.717, 1.165) is 55.4 Å². The number of benzene rings is 1. The molecule has 5 heterocycles. The van der Waals surface area contributed by atoms with Crippen LogP contribution in [0.1, 0.15) is 62.4 Å². The number of hydrogen-bond donors (Lipinski definition) is 2. The van der Waals surface area contributed by atoms with Crippen LogP contribution < -0.4 is 15.8 Å². The number of fused-ring (bicyclic) bond motifs is 2. The molecule has 194 valence electrons. The molecule has 0 aliphatic carbocycles. The SMILES string of the molecule is C[C@H]1CC[C@H](c2cccc3c2OCC3)N(C(=O)C(=O)Nc2cnc(N)c3cn(C4CCCCO4)nc23)C1. The first-order chi connectivity index (χ1) is 18.0. The molecule has 2 fully saturated rings. The number of carbonyl (C=O) groups is 2. The van der Waals surface area contributed by atoms with Gasteiger partial charge in [0, 0.05) is 31.3 Å². The minimum Gasteiger partial charge on any atom is -0.493 e. The third kappa shape index (κ3) is 4.39. The number of rotatable bonds is 3. The van der Waals surface area contributed by atoms with Crippen molar-refractivity contribution in [1.82, 2.24) is 19.7 Å². The Morgan fingerprint density at radius 2 is 2.05 bits per heavy atom. The lowest BCUT2D eigenvalue weighted by Crippen LogP contribution is -2.46. The summed E-state index contributed by atoms with van der Waals surface area (Å²) in [7, 11) is 0. The lowest BCUT2D eigenvalue weighted by molar-refractivity contribution is -0.146. The predicted octanol–water partition coefficient (Wildman–Crippen LogP) is 3.59. The molecule has 2 saturated heterocycles. The zero-order valence-corrected chi connectivity index (χ0v) is 21.0. The van der Waals surface area contributed by atoms with Crippen molar-refractivity contribution in [2.45, 2.75) is 57.7 Å². The molecule has 0 spiro atoms. The Hall–Kier alpha value is -3.66. The van der Waals surface area contributed by atoms with Gasteiger partial charge in [-0.1, -0.05) is 25.1 Å². The molecule has 0 bridgehead atoms. The molecular weight excluding hydrogens is 472 g/mol. The molecule has 1 unspecified atom stereocenters. The van der Waals surface area contributed by atoms with Gasteiger partial charge < -0.3 is 25.4 Å². The van der Waals surface area contributed by atoms with Crippen molar-refractivity contribution >= 4 is 34.2 Å². The van der Waals surface area contributed by atoms with Gasteiger partial charge in [-0.05, 0) is 43.6 Å². The maximum Gasteiger partial charge on any atom is 0.314 e. The van der Waals surface area contributed by atoms with E-state index in [4.69, 9.17) is 15.2 Å². The number of anilines is 2. The number of nitrogens with zero attached hydrogens (tertiary/aromatic N) is 4. The van der Waals surface area contributed by atoms with Crippen LogP contribution in [0.15, 0.2) is 30.6 Å². The molecule has 3 aliphatic rings. The lowest BCUT2D eigenvalue weighted by atomic mass is 9.88. The topological polar surface area (TPSA) is 125 Å². The Morgan fingerprint density at radius 3 is 2.89 bits per heavy atom. The Labute approximate surface area is 215 Å². The van der Waals surface area contributed by atoms with Crippen LogP contribution in [0.25, 0.3) is 10.9 Å². The van der Waals surface area contributed by atoms with Crippen molar-refractivity contribution in [2.75, 3.05) is 30.8 Å². The molecule has 3 aliphatic heterocycles. The number of piperidine rings is 1. The van der Waals surface area contributed by atoms with Crippen molar-refractivity contribution in [1.29, 1.82) is 0 Å². The van der Waals surface area contributed by atoms with Gasteiger partial charge in [-0.25, -0.2) is 9.67 Å². The maximum absolute atomic E-state index is 13.6. The zero-order valence-electron chi connectivity index (χ0n) is 21.0. The Morgan fingerprint density at radius 1 is 1.16 bits per heavy atom. The van der Waals surface area contributed by atoms with Crippen LogP contribution in [-0.4, -0.2) is 51.2 Å². The summed E-state index contributed by atoms with van der Waals surface area (Å²) in [6.07, 6.45) is 8.61. The van der Waals surface area contributed by atoms with Crippen molar-refractivity contribution in [3.63, 3.8) is 0 Å². The maximum atomic E-state index is 13.6. The van der Waals surface area contributed by atoms with Crippen LogP contribution in [0.3, 0.4) is 0 Å². The van der Waals surface area contributed by atoms with E-state index >= 15 is 0 Å². The number of nitrogens with one attached hydrogen (secondary N) is 1. The molecule has 2 aromatic heterocycles. The molecule has 0 saturated carbocycles. The zero-order chi connectivity index (χ0) is 25.5. The van der Waals surface area contributed by atoms with E-state index in [1.807, 2.05) is 12.1 Å². The number of pyridine rings is 1. The summed E-state index contributed by atoms with van der Waals surface area (Å²) in [6, 6.07) is 5.87. The third-order valence-electron chi connectivity index (χ3n) is 7.67. The summed E-state index contributed by atoms with van der Waals surface area (Å²) in [4.78, 5) is 32.8. The van der Waals surface area contributed by atoms with E-state index < -0.39 is 11.8 Å². The molecule has 37 heavy (non-hydrogen) atoms. The highest BCUT2D eigenvalue weighted by Crippen LogP contribution is 2.41. The Balaban J connectivity index is 1.27. The largest absolute Gasteiger partial charge is 0.493 e. The van der Waals surface area contributed by atoms with Crippen LogP contribution in [0.4, 0.5) is 11.5 Å². The fourth-order valence-corrected chi connectivity index (χ4v) is 5.72. The number of hydrogen-bond acceptors (Lipinski definition) is 7. The van der Waals surface area contributed by atoms with Crippen molar-refractivity contribution in [3.8, 4) is 5.75 Å². The first kappa shape index (κ1) is 23.7. The molecule has 2 amide bonds. The van der Waals surface area contributed by atoms with E-state index in [0.29, 0.717) is 48.1 Å². The fourth-order valence-electron chi connectivity index (χ4n) is 5.72. The number of ether oxygens (including phenoxy) is 2. The number of aromatic nitrogens is 3. The highest BCUT2D eigenvalue weighted by atomic mass is 16.5. The van der Waals surface area contributed by atoms with Crippen LogP contribution >= 0.6 is 0 Å². The van der Waals surface area contributed by atoms with Gasteiger partial charge >= 0.3 is 11.8 Å². The van der Waals surface area contributed by atoms with Gasteiger partial charge in [0.05, 0.1) is 29.9 Å². The molecule has 3 atom stereocenters. The highest BCUT2D eigenvalue weighted by molar-refractivity contribution is 6.40. The molecule has 3 N–H and O–H groups in total. The summed E-state index contributed by atoms with van der Waals surface area (Å²) in [5, 5.41) is 8.03. The van der Waals surface area contributed by atoms with Crippen LogP contribution in [0.5, 0.6) is 5.75 Å². The van der Waals surface area contributed by atoms with Crippen molar-refractivity contribution < 1.29 is 19.1 Å². The van der Waals surface area contributed by atoms with Crippen LogP contribution in [0, 0.1) is 5.92 Å². The first-order valence-electron chi connectivity index (χ1n) is 13.1. The molecule has 6 rings (SSSR count). The predicted molar refractivity (Wildman–Crippen MR) is 138 cm³/mol. The number of nitrogens with two attached hydrogens (primary N) is 1. The van der Waals surface area contributed by atoms with Crippen molar-refractivity contribution in [2.24, 2.45) is 5.92 Å². The minimum atomic E-state index is -0.719. The summed E-state index contributed by atoms with van der Waals surface area (Å²) < 4.78 is 13.5. The van der Waals surface area contributed by atoms with Crippen LogP contribution in [0.2, 0.25) is 0 Å². The monoisotopic (exact) mass is 504 g/mol. The van der Waals surface area contributed by atoms with E-state index in [9.17, 15) is 9.59 Å². The first-order valence-corrected chi connectivity index (χ1v) is 13.1. The fraction of sp³-hybridized carbons (Fsp3) is 0.481. The van der Waals surface area contributed by atoms with Crippen LogP contribution in [-0.2, 0) is 20.7 Å². The summed E-state index contributed by atoms with van der Waals surface area (Å²) in [6.45, 7) is 3.93. The van der Waals surface area contributed by atoms with Crippen molar-refractivity contribution in [3.05, 3.63) is 41.7 Å². The molecule has 10 nitrogen and oxygen atoms in total. The van der Waals surface area contributed by atoms with E-state index in [-0.39, 0.29) is 12.3 Å². The highest BCUT2D eigenvalue weighted by Gasteiger charge is 2.37. The summed E-state index contributed by atoms with van der Waals surface area (Å²) >= 11 is 0. The number of likely N-dealkylation sites (tertiary alicyclic amines) is 1. The second kappa shape index (κ2) is 9.66. The quantitative estimate of drug-likeness (QED) is 0.522. The third-order valence-corrected chi connectivity index (χ3v) is 7.67. The van der Waals surface area contributed by atoms with Gasteiger partial charge in [-0.3, -0.25) is 9.59 Å². The van der Waals surface area contributed by atoms with Gasteiger partial charge in [0.1, 0.15) is 23.3 Å². The average molecular weight is 505 g/mol. The van der Waals surface area contributed by atoms with Gasteiger partial charge in [0.15, 0.2) is 0 Å². The summed E-state index contributed by atoms with van der Waals surface area (Å²) in [5.74, 6) is 0.169.